The average molecular weight is 362 g/mol. The molecule has 1 unspecified atom stereocenters. The second-order valence-corrected chi connectivity index (χ2v) is 7.47. The predicted octanol–water partition coefficient (Wildman–Crippen LogP) is 1.47. The molecular formula is C8H15F5N2O4S2. The Kier molecular flexibility index (Phi) is 6.54. The summed E-state index contributed by atoms with van der Waals surface area (Å²) in [6.45, 7) is 2.57. The van der Waals surface area contributed by atoms with Crippen LogP contribution in [0, 0.1) is 0 Å². The van der Waals surface area contributed by atoms with E-state index in [1.807, 2.05) is 0 Å². The van der Waals surface area contributed by atoms with Gasteiger partial charge in [0.1, 0.15) is 0 Å². The number of alkyl halides is 5. The Hall–Kier alpha value is -0.530. The van der Waals surface area contributed by atoms with E-state index >= 15 is 0 Å². The van der Waals surface area contributed by atoms with E-state index in [-0.39, 0.29) is 6.42 Å². The molecule has 0 radical (unpaired) electrons. The van der Waals surface area contributed by atoms with E-state index in [9.17, 15) is 38.8 Å². The summed E-state index contributed by atoms with van der Waals surface area (Å²) in [4.78, 5) is 0. The molecule has 2 N–H and O–H groups in total. The third-order valence-corrected chi connectivity index (χ3v) is 4.90. The van der Waals surface area contributed by atoms with Crippen molar-refractivity contribution in [1.82, 2.24) is 9.44 Å². The minimum absolute atomic E-state index is 0.0416. The molecule has 13 heteroatoms. The van der Waals surface area contributed by atoms with Gasteiger partial charge < -0.3 is 0 Å². The van der Waals surface area contributed by atoms with E-state index in [2.05, 4.69) is 0 Å². The zero-order chi connectivity index (χ0) is 17.1. The lowest BCUT2D eigenvalue weighted by molar-refractivity contribution is -0.0459. The molecule has 0 spiro atoms. The molecule has 0 heterocycles. The minimum atomic E-state index is -5.91. The SMILES string of the molecule is CCCC(CC)(NS(=O)(=O)C(F)F)NS(=O)(=O)C(F)(F)F. The molecule has 0 rings (SSSR count). The van der Waals surface area contributed by atoms with Crippen molar-refractivity contribution < 1.29 is 38.8 Å². The normalized spacial score (nSPS) is 17.0. The summed E-state index contributed by atoms with van der Waals surface area (Å²) in [6, 6.07) is 0. The average Bonchev–Trinajstić information content (AvgIpc) is 2.26. The van der Waals surface area contributed by atoms with Gasteiger partial charge in [0.2, 0.25) is 0 Å². The number of sulfonamides is 2. The monoisotopic (exact) mass is 362 g/mol. The summed E-state index contributed by atoms with van der Waals surface area (Å²) in [5, 5.41) is 0. The first-order valence-electron chi connectivity index (χ1n) is 5.64. The molecule has 0 aromatic rings. The standard InChI is InChI=1S/C8H15F5N2O4S2/c1-3-5-7(4-2,14-20(16,17)6(9)10)15-21(18,19)8(11,12)13/h6,14-15H,3-5H2,1-2H3. The molecular weight excluding hydrogens is 347 g/mol. The lowest BCUT2D eigenvalue weighted by Gasteiger charge is -2.34. The van der Waals surface area contributed by atoms with Crippen LogP contribution in [0.3, 0.4) is 0 Å². The second kappa shape index (κ2) is 6.71. The molecule has 128 valence electrons. The maximum Gasteiger partial charge on any atom is 0.511 e. The molecule has 0 amide bonds. The molecule has 0 aliphatic carbocycles. The van der Waals surface area contributed by atoms with Crippen molar-refractivity contribution in [3.05, 3.63) is 0 Å². The van der Waals surface area contributed by atoms with Gasteiger partial charge in [0, 0.05) is 0 Å². The molecule has 0 aliphatic rings. The van der Waals surface area contributed by atoms with Crippen molar-refractivity contribution in [2.75, 3.05) is 0 Å². The van der Waals surface area contributed by atoms with Crippen molar-refractivity contribution in [2.45, 2.75) is 50.0 Å². The van der Waals surface area contributed by atoms with E-state index in [0.717, 1.165) is 11.6 Å². The first-order chi connectivity index (χ1) is 9.23. The third kappa shape index (κ3) is 5.30. The zero-order valence-corrected chi connectivity index (χ0v) is 12.7. The molecule has 6 nitrogen and oxygen atoms in total. The van der Waals surface area contributed by atoms with Gasteiger partial charge in [-0.25, -0.2) is 16.8 Å². The van der Waals surface area contributed by atoms with Crippen LogP contribution in [0.4, 0.5) is 22.0 Å². The number of nitrogens with one attached hydrogen (secondary N) is 2. The molecule has 1 atom stereocenters. The van der Waals surface area contributed by atoms with Gasteiger partial charge in [-0.3, -0.25) is 0 Å². The maximum absolute atomic E-state index is 12.4. The van der Waals surface area contributed by atoms with Gasteiger partial charge in [0.25, 0.3) is 10.0 Å². The lowest BCUT2D eigenvalue weighted by atomic mass is 10.0. The maximum atomic E-state index is 12.4. The van der Waals surface area contributed by atoms with Gasteiger partial charge in [-0.15, -0.1) is 0 Å². The van der Waals surface area contributed by atoms with Crippen LogP contribution in [0.1, 0.15) is 33.1 Å². The van der Waals surface area contributed by atoms with Gasteiger partial charge in [-0.2, -0.15) is 31.4 Å². The Balaban J connectivity index is 5.69. The summed E-state index contributed by atoms with van der Waals surface area (Å²) in [6.07, 6.45) is -0.896. The van der Waals surface area contributed by atoms with Crippen molar-refractivity contribution >= 4 is 20.0 Å². The zero-order valence-electron chi connectivity index (χ0n) is 11.0. The molecule has 0 saturated carbocycles. The summed E-state index contributed by atoms with van der Waals surface area (Å²) < 4.78 is 109. The molecule has 0 saturated heterocycles. The highest BCUT2D eigenvalue weighted by molar-refractivity contribution is 7.91. The van der Waals surface area contributed by atoms with Crippen molar-refractivity contribution in [2.24, 2.45) is 0 Å². The summed E-state index contributed by atoms with van der Waals surface area (Å²) in [5.41, 5.74) is -8.07. The summed E-state index contributed by atoms with van der Waals surface area (Å²) in [5.74, 6) is -3.91. The van der Waals surface area contributed by atoms with Gasteiger partial charge in [0.05, 0.1) is 5.66 Å². The second-order valence-electron chi connectivity index (χ2n) is 4.14. The van der Waals surface area contributed by atoms with Crippen LogP contribution in [0.15, 0.2) is 0 Å². The van der Waals surface area contributed by atoms with Gasteiger partial charge in [0.15, 0.2) is 0 Å². The van der Waals surface area contributed by atoms with E-state index in [4.69, 9.17) is 0 Å². The van der Waals surface area contributed by atoms with Crippen LogP contribution in [0.5, 0.6) is 0 Å². The Morgan fingerprint density at radius 3 is 1.76 bits per heavy atom. The topological polar surface area (TPSA) is 92.3 Å². The Morgan fingerprint density at radius 2 is 1.48 bits per heavy atom. The Bertz CT molecular complexity index is 546. The van der Waals surface area contributed by atoms with E-state index in [0.29, 0.717) is 0 Å². The fourth-order valence-corrected chi connectivity index (χ4v) is 3.43. The van der Waals surface area contributed by atoms with Gasteiger partial charge in [-0.05, 0) is 12.8 Å². The summed E-state index contributed by atoms with van der Waals surface area (Å²) in [7, 11) is -11.2. The molecule has 0 bridgehead atoms. The minimum Gasteiger partial charge on any atom is -0.206 e. The van der Waals surface area contributed by atoms with E-state index in [1.165, 1.54) is 11.6 Å². The molecule has 0 fully saturated rings. The van der Waals surface area contributed by atoms with Gasteiger partial charge >= 0.3 is 21.3 Å². The van der Waals surface area contributed by atoms with Crippen LogP contribution in [-0.2, 0) is 20.0 Å². The van der Waals surface area contributed by atoms with Crippen LogP contribution in [0.25, 0.3) is 0 Å². The Labute approximate surface area is 119 Å². The highest BCUT2D eigenvalue weighted by Crippen LogP contribution is 2.27. The number of hydrogen-bond donors (Lipinski definition) is 2. The van der Waals surface area contributed by atoms with Crippen molar-refractivity contribution in [1.29, 1.82) is 0 Å². The molecule has 0 aliphatic heterocycles. The largest absolute Gasteiger partial charge is 0.511 e. The van der Waals surface area contributed by atoms with Crippen LogP contribution >= 0.6 is 0 Å². The Morgan fingerprint density at radius 1 is 1.00 bits per heavy atom. The molecule has 21 heavy (non-hydrogen) atoms. The fourth-order valence-electron chi connectivity index (χ4n) is 1.50. The summed E-state index contributed by atoms with van der Waals surface area (Å²) >= 11 is 0. The number of halogens is 5. The quantitative estimate of drug-likeness (QED) is 0.505. The first-order valence-corrected chi connectivity index (χ1v) is 8.67. The first kappa shape index (κ1) is 20.5. The van der Waals surface area contributed by atoms with Crippen molar-refractivity contribution in [3.63, 3.8) is 0 Å². The molecule has 0 aromatic carbocycles. The number of rotatable bonds is 8. The lowest BCUT2D eigenvalue weighted by Crippen LogP contribution is -2.62. The third-order valence-electron chi connectivity index (χ3n) is 2.49. The number of hydrogen-bond acceptors (Lipinski definition) is 4. The van der Waals surface area contributed by atoms with Gasteiger partial charge in [-0.1, -0.05) is 20.3 Å². The van der Waals surface area contributed by atoms with Crippen LogP contribution in [0.2, 0.25) is 0 Å². The highest BCUT2D eigenvalue weighted by Gasteiger charge is 2.51. The molecule has 0 aromatic heterocycles. The van der Waals surface area contributed by atoms with E-state index < -0.39 is 49.8 Å². The van der Waals surface area contributed by atoms with Crippen molar-refractivity contribution in [3.8, 4) is 0 Å². The van der Waals surface area contributed by atoms with Crippen LogP contribution in [-0.4, -0.2) is 33.8 Å². The smallest absolute Gasteiger partial charge is 0.206 e. The fraction of sp³-hybridized carbons (Fsp3) is 1.00. The highest BCUT2D eigenvalue weighted by atomic mass is 32.2. The predicted molar refractivity (Wildman–Crippen MR) is 64.1 cm³/mol. The van der Waals surface area contributed by atoms with E-state index in [1.54, 1.807) is 0 Å². The van der Waals surface area contributed by atoms with Crippen LogP contribution < -0.4 is 9.44 Å².